The lowest BCUT2D eigenvalue weighted by Crippen LogP contribution is -2.05. The molecule has 0 unspecified atom stereocenters. The third kappa shape index (κ3) is 42.7. The molecule has 47 heavy (non-hydrogen) atoms. The monoisotopic (exact) mass is 663 g/mol. The van der Waals surface area contributed by atoms with E-state index < -0.39 is 5.97 Å². The number of ether oxygens (including phenoxy) is 1. The smallest absolute Gasteiger partial charge is 0.305 e. The lowest BCUT2D eigenvalue weighted by atomic mass is 10.0. The summed E-state index contributed by atoms with van der Waals surface area (Å²) in [5.41, 5.74) is 0. The van der Waals surface area contributed by atoms with Crippen molar-refractivity contribution in [1.82, 2.24) is 0 Å². The van der Waals surface area contributed by atoms with Crippen LogP contribution in [0.4, 0.5) is 0 Å². The molecule has 0 heterocycles. The zero-order valence-corrected chi connectivity index (χ0v) is 31.7. The van der Waals surface area contributed by atoms with E-state index in [1.165, 1.54) is 193 Å². The number of carboxylic acids is 1. The Hall–Kier alpha value is -1.32. The molecule has 0 aliphatic carbocycles. The van der Waals surface area contributed by atoms with Crippen molar-refractivity contribution >= 4 is 11.9 Å². The molecule has 0 fully saturated rings. The summed E-state index contributed by atoms with van der Waals surface area (Å²) in [6.07, 6.45) is 51.1. The Morgan fingerprint density at radius 1 is 0.404 bits per heavy atom. The fourth-order valence-electron chi connectivity index (χ4n) is 6.51. The van der Waals surface area contributed by atoms with Crippen LogP contribution in [0.2, 0.25) is 0 Å². The van der Waals surface area contributed by atoms with E-state index in [0.717, 1.165) is 32.1 Å². The predicted octanol–water partition coefficient (Wildman–Crippen LogP) is 14.6. The van der Waals surface area contributed by atoms with Crippen molar-refractivity contribution in [2.45, 2.75) is 244 Å². The third-order valence-electron chi connectivity index (χ3n) is 9.69. The Morgan fingerprint density at radius 3 is 1.06 bits per heavy atom. The lowest BCUT2D eigenvalue weighted by Gasteiger charge is -2.06. The van der Waals surface area contributed by atoms with Crippen LogP contribution in [0, 0.1) is 0 Å². The van der Waals surface area contributed by atoms with Crippen molar-refractivity contribution in [3.05, 3.63) is 12.2 Å². The number of esters is 1. The second kappa shape index (κ2) is 40.9. The van der Waals surface area contributed by atoms with Gasteiger partial charge in [0.05, 0.1) is 6.61 Å². The molecule has 0 saturated carbocycles. The first-order chi connectivity index (χ1) is 23.2. The van der Waals surface area contributed by atoms with Crippen LogP contribution in [0.15, 0.2) is 12.2 Å². The Labute approximate surface area is 294 Å². The highest BCUT2D eigenvalue weighted by Gasteiger charge is 2.03. The average molecular weight is 663 g/mol. The van der Waals surface area contributed by atoms with Crippen LogP contribution in [0.1, 0.15) is 244 Å². The van der Waals surface area contributed by atoms with Crippen LogP contribution in [-0.4, -0.2) is 23.7 Å². The zero-order valence-electron chi connectivity index (χ0n) is 31.7. The number of hydrogen-bond donors (Lipinski definition) is 1. The number of allylic oxidation sites excluding steroid dienone is 2. The van der Waals surface area contributed by atoms with E-state index >= 15 is 0 Å². The zero-order chi connectivity index (χ0) is 34.1. The molecule has 4 heteroatoms. The number of carboxylic acid groups (broad SMARTS) is 1. The molecule has 0 amide bonds. The molecule has 0 aliphatic heterocycles. The van der Waals surface area contributed by atoms with Gasteiger partial charge in [0.1, 0.15) is 0 Å². The highest BCUT2D eigenvalue weighted by Crippen LogP contribution is 2.16. The summed E-state index contributed by atoms with van der Waals surface area (Å²) in [5, 5.41) is 8.65. The molecular formula is C43H82O4. The minimum absolute atomic E-state index is 0.00850. The highest BCUT2D eigenvalue weighted by molar-refractivity contribution is 5.69. The van der Waals surface area contributed by atoms with Gasteiger partial charge in [0.15, 0.2) is 0 Å². The van der Waals surface area contributed by atoms with Gasteiger partial charge in [-0.15, -0.1) is 0 Å². The van der Waals surface area contributed by atoms with Gasteiger partial charge in [0.25, 0.3) is 0 Å². The van der Waals surface area contributed by atoms with E-state index in [-0.39, 0.29) is 5.97 Å². The van der Waals surface area contributed by atoms with Gasteiger partial charge in [-0.3, -0.25) is 9.59 Å². The van der Waals surface area contributed by atoms with Gasteiger partial charge in [-0.2, -0.15) is 0 Å². The van der Waals surface area contributed by atoms with Crippen molar-refractivity contribution in [2.24, 2.45) is 0 Å². The minimum atomic E-state index is -0.656. The second-order valence-corrected chi connectivity index (χ2v) is 14.5. The van der Waals surface area contributed by atoms with E-state index in [2.05, 4.69) is 19.1 Å². The average Bonchev–Trinajstić information content (AvgIpc) is 3.06. The summed E-state index contributed by atoms with van der Waals surface area (Å²) in [6.45, 7) is 2.88. The molecule has 0 aromatic rings. The summed E-state index contributed by atoms with van der Waals surface area (Å²) >= 11 is 0. The molecule has 0 aliphatic rings. The molecule has 1 N–H and O–H groups in total. The Balaban J connectivity index is 3.16. The molecule has 0 bridgehead atoms. The van der Waals surface area contributed by atoms with Crippen molar-refractivity contribution in [1.29, 1.82) is 0 Å². The molecular weight excluding hydrogens is 580 g/mol. The molecule has 4 nitrogen and oxygen atoms in total. The van der Waals surface area contributed by atoms with Crippen LogP contribution in [-0.2, 0) is 14.3 Å². The number of hydrogen-bond acceptors (Lipinski definition) is 3. The first-order valence-electron chi connectivity index (χ1n) is 21.2. The van der Waals surface area contributed by atoms with Crippen molar-refractivity contribution in [2.75, 3.05) is 6.61 Å². The van der Waals surface area contributed by atoms with Crippen LogP contribution in [0.5, 0.6) is 0 Å². The van der Waals surface area contributed by atoms with Crippen molar-refractivity contribution in [3.8, 4) is 0 Å². The normalized spacial score (nSPS) is 11.5. The van der Waals surface area contributed by atoms with Gasteiger partial charge in [0.2, 0.25) is 0 Å². The summed E-state index contributed by atoms with van der Waals surface area (Å²) < 4.78 is 5.45. The maximum atomic E-state index is 12.0. The standard InChI is InChI=1S/C43H82O4/c1-2-3-4-5-6-7-8-21-25-28-31-34-37-40-43(46)47-41-38-35-32-29-26-23-20-18-16-14-12-10-9-11-13-15-17-19-22-24-27-30-33-36-39-42(44)45/h7-8H,2-6,9-41H2,1H3,(H,44,45)/b8-7-. The maximum absolute atomic E-state index is 12.0. The van der Waals surface area contributed by atoms with Crippen molar-refractivity contribution in [3.63, 3.8) is 0 Å². The fraction of sp³-hybridized carbons (Fsp3) is 0.907. The van der Waals surface area contributed by atoms with Gasteiger partial charge < -0.3 is 9.84 Å². The molecule has 0 atom stereocenters. The minimum Gasteiger partial charge on any atom is -0.481 e. The first-order valence-corrected chi connectivity index (χ1v) is 21.2. The molecule has 0 rings (SSSR count). The SMILES string of the molecule is CCCCCC/C=C\CCCCCCCC(=O)OCCCCCCCCCCCCCCCCCCCCCCCCCCC(=O)O. The molecule has 0 spiro atoms. The number of carbonyl (C=O) groups is 2. The Kier molecular flexibility index (Phi) is 39.7. The summed E-state index contributed by atoms with van der Waals surface area (Å²) in [6, 6.07) is 0. The predicted molar refractivity (Wildman–Crippen MR) is 204 cm³/mol. The topological polar surface area (TPSA) is 63.6 Å². The molecule has 0 aromatic heterocycles. The van der Waals surface area contributed by atoms with E-state index in [1.807, 2.05) is 0 Å². The van der Waals surface area contributed by atoms with Gasteiger partial charge in [-0.1, -0.05) is 199 Å². The maximum Gasteiger partial charge on any atom is 0.305 e. The van der Waals surface area contributed by atoms with E-state index in [1.54, 1.807) is 0 Å². The quantitative estimate of drug-likeness (QED) is 0.0403. The lowest BCUT2D eigenvalue weighted by molar-refractivity contribution is -0.144. The number of unbranched alkanes of at least 4 members (excludes halogenated alkanes) is 32. The van der Waals surface area contributed by atoms with Crippen molar-refractivity contribution < 1.29 is 19.4 Å². The molecule has 0 saturated heterocycles. The van der Waals surface area contributed by atoms with Crippen LogP contribution in [0.3, 0.4) is 0 Å². The number of aliphatic carboxylic acids is 1. The van der Waals surface area contributed by atoms with E-state index in [0.29, 0.717) is 19.4 Å². The summed E-state index contributed by atoms with van der Waals surface area (Å²) in [7, 11) is 0. The molecule has 0 aromatic carbocycles. The first kappa shape index (κ1) is 45.7. The van der Waals surface area contributed by atoms with Crippen LogP contribution in [0.25, 0.3) is 0 Å². The van der Waals surface area contributed by atoms with Crippen LogP contribution >= 0.6 is 0 Å². The Bertz CT molecular complexity index is 658. The van der Waals surface area contributed by atoms with E-state index in [9.17, 15) is 9.59 Å². The molecule has 278 valence electrons. The summed E-state index contributed by atoms with van der Waals surface area (Å²) in [5.74, 6) is -0.647. The van der Waals surface area contributed by atoms with E-state index in [4.69, 9.17) is 9.84 Å². The number of rotatable bonds is 40. The highest BCUT2D eigenvalue weighted by atomic mass is 16.5. The summed E-state index contributed by atoms with van der Waals surface area (Å²) in [4.78, 5) is 22.4. The van der Waals surface area contributed by atoms with Gasteiger partial charge in [-0.25, -0.2) is 0 Å². The van der Waals surface area contributed by atoms with Crippen LogP contribution < -0.4 is 0 Å². The number of carbonyl (C=O) groups excluding carboxylic acids is 1. The van der Waals surface area contributed by atoms with Gasteiger partial charge in [0, 0.05) is 12.8 Å². The largest absolute Gasteiger partial charge is 0.481 e. The molecule has 0 radical (unpaired) electrons. The third-order valence-corrected chi connectivity index (χ3v) is 9.69. The van der Waals surface area contributed by atoms with Gasteiger partial charge in [-0.05, 0) is 44.9 Å². The fourth-order valence-corrected chi connectivity index (χ4v) is 6.51. The van der Waals surface area contributed by atoms with Gasteiger partial charge >= 0.3 is 11.9 Å². The second-order valence-electron chi connectivity index (χ2n) is 14.5. The Morgan fingerprint density at radius 2 is 0.702 bits per heavy atom.